The summed E-state index contributed by atoms with van der Waals surface area (Å²) in [6, 6.07) is 2.62. The molecule has 2 fully saturated rings. The second-order valence-electron chi connectivity index (χ2n) is 6.83. The highest BCUT2D eigenvalue weighted by molar-refractivity contribution is 5.75. The highest BCUT2D eigenvalue weighted by Crippen LogP contribution is 2.32. The number of aryl methyl sites for hydroxylation is 1. The van der Waals surface area contributed by atoms with Crippen LogP contribution in [0.25, 0.3) is 0 Å². The molecule has 2 saturated heterocycles. The average molecular weight is 320 g/mol. The molecule has 1 aromatic heterocycles. The molecule has 1 N–H and O–H groups in total. The van der Waals surface area contributed by atoms with Crippen molar-refractivity contribution in [2.45, 2.75) is 58.0 Å². The van der Waals surface area contributed by atoms with Gasteiger partial charge in [-0.1, -0.05) is 11.6 Å². The molecule has 2 unspecified atom stereocenters. The Morgan fingerprint density at radius 1 is 1.35 bits per heavy atom. The number of nitrogens with one attached hydrogen (secondary N) is 1. The van der Waals surface area contributed by atoms with Crippen LogP contribution >= 0.6 is 0 Å². The van der Waals surface area contributed by atoms with Gasteiger partial charge >= 0.3 is 6.03 Å². The number of nitrogens with zero attached hydrogens (tertiary/aromatic N) is 3. The molecule has 0 bridgehead atoms. The van der Waals surface area contributed by atoms with Gasteiger partial charge in [0.1, 0.15) is 0 Å². The van der Waals surface area contributed by atoms with Crippen LogP contribution in [-0.4, -0.2) is 53.2 Å². The fraction of sp³-hybridized carbons (Fsp3) is 0.765. The number of carbonyl (C=O) groups excluding carboxylic acids is 1. The van der Waals surface area contributed by atoms with E-state index in [1.807, 2.05) is 17.9 Å². The smallest absolute Gasteiger partial charge is 0.318 e. The summed E-state index contributed by atoms with van der Waals surface area (Å²) >= 11 is 0. The molecule has 0 aromatic carbocycles. The summed E-state index contributed by atoms with van der Waals surface area (Å²) in [4.78, 5) is 16.9. The van der Waals surface area contributed by atoms with Crippen molar-refractivity contribution < 1.29 is 9.32 Å². The molecule has 2 atom stereocenters. The van der Waals surface area contributed by atoms with Crippen LogP contribution in [0.2, 0.25) is 0 Å². The number of urea groups is 1. The third kappa shape index (κ3) is 3.86. The minimum atomic E-state index is 0.0196. The van der Waals surface area contributed by atoms with Crippen molar-refractivity contribution in [3.05, 3.63) is 17.5 Å². The van der Waals surface area contributed by atoms with E-state index >= 15 is 0 Å². The number of aromatic nitrogens is 1. The molecule has 3 heterocycles. The van der Waals surface area contributed by atoms with Crippen molar-refractivity contribution in [1.29, 1.82) is 0 Å². The van der Waals surface area contributed by atoms with Gasteiger partial charge in [-0.25, -0.2) is 4.79 Å². The minimum Gasteiger partial charge on any atom is -0.359 e. The number of hydrogen-bond donors (Lipinski definition) is 1. The third-order valence-corrected chi connectivity index (χ3v) is 5.10. The summed E-state index contributed by atoms with van der Waals surface area (Å²) in [6.07, 6.45) is 5.84. The van der Waals surface area contributed by atoms with Crippen LogP contribution in [0.15, 0.2) is 10.6 Å². The minimum absolute atomic E-state index is 0.0196. The molecule has 2 aliphatic heterocycles. The molecule has 0 radical (unpaired) electrons. The van der Waals surface area contributed by atoms with E-state index < -0.39 is 0 Å². The summed E-state index contributed by atoms with van der Waals surface area (Å²) in [5.41, 5.74) is 0.867. The van der Waals surface area contributed by atoms with Crippen molar-refractivity contribution in [1.82, 2.24) is 20.3 Å². The van der Waals surface area contributed by atoms with Crippen LogP contribution in [0, 0.1) is 6.92 Å². The number of carbonyl (C=O) groups is 1. The van der Waals surface area contributed by atoms with E-state index in [1.165, 1.54) is 19.3 Å². The zero-order valence-electron chi connectivity index (χ0n) is 14.3. The van der Waals surface area contributed by atoms with E-state index in [9.17, 15) is 4.79 Å². The standard InChI is InChI=1S/C17H28N4O2/c1-13-12-16(23-19-13)15-7-5-10-21(15)17(22)18-8-11-20-9-4-3-6-14(20)2/h12,14-15H,3-11H2,1-2H3,(H,18,22). The van der Waals surface area contributed by atoms with E-state index in [-0.39, 0.29) is 12.1 Å². The predicted octanol–water partition coefficient (Wildman–Crippen LogP) is 2.70. The van der Waals surface area contributed by atoms with E-state index in [2.05, 4.69) is 22.3 Å². The van der Waals surface area contributed by atoms with Crippen molar-refractivity contribution >= 4 is 6.03 Å². The maximum Gasteiger partial charge on any atom is 0.318 e. The summed E-state index contributed by atoms with van der Waals surface area (Å²) < 4.78 is 5.36. The fourth-order valence-corrected chi connectivity index (χ4v) is 3.74. The van der Waals surface area contributed by atoms with E-state index in [0.717, 1.165) is 43.9 Å². The lowest BCUT2D eigenvalue weighted by molar-refractivity contribution is 0.155. The Labute approximate surface area is 138 Å². The maximum atomic E-state index is 12.5. The monoisotopic (exact) mass is 320 g/mol. The molecule has 128 valence electrons. The number of piperidine rings is 1. The number of hydrogen-bond acceptors (Lipinski definition) is 4. The van der Waals surface area contributed by atoms with Gasteiger partial charge in [-0.2, -0.15) is 0 Å². The molecule has 0 aliphatic carbocycles. The molecule has 2 aliphatic rings. The summed E-state index contributed by atoms with van der Waals surface area (Å²) in [5, 5.41) is 7.03. The third-order valence-electron chi connectivity index (χ3n) is 5.10. The Balaban J connectivity index is 1.49. The van der Waals surface area contributed by atoms with Crippen LogP contribution < -0.4 is 5.32 Å². The Kier molecular flexibility index (Phi) is 5.20. The summed E-state index contributed by atoms with van der Waals surface area (Å²) in [5.74, 6) is 0.805. The Morgan fingerprint density at radius 2 is 2.22 bits per heavy atom. The van der Waals surface area contributed by atoms with Crippen LogP contribution in [0.4, 0.5) is 4.79 Å². The highest BCUT2D eigenvalue weighted by atomic mass is 16.5. The van der Waals surface area contributed by atoms with Gasteiger partial charge < -0.3 is 14.7 Å². The lowest BCUT2D eigenvalue weighted by Crippen LogP contribution is -2.45. The van der Waals surface area contributed by atoms with Crippen molar-refractivity contribution in [3.8, 4) is 0 Å². The topological polar surface area (TPSA) is 61.6 Å². The highest BCUT2D eigenvalue weighted by Gasteiger charge is 2.32. The fourth-order valence-electron chi connectivity index (χ4n) is 3.74. The molecule has 23 heavy (non-hydrogen) atoms. The number of amides is 2. The van der Waals surface area contributed by atoms with E-state index in [1.54, 1.807) is 0 Å². The zero-order chi connectivity index (χ0) is 16.2. The van der Waals surface area contributed by atoms with Gasteiger partial charge in [0.2, 0.25) is 0 Å². The number of likely N-dealkylation sites (tertiary alicyclic amines) is 2. The molecule has 0 saturated carbocycles. The first-order chi connectivity index (χ1) is 11.1. The molecule has 1 aromatic rings. The number of rotatable bonds is 4. The quantitative estimate of drug-likeness (QED) is 0.926. The molecule has 6 nitrogen and oxygen atoms in total. The van der Waals surface area contributed by atoms with Gasteiger partial charge in [-0.15, -0.1) is 0 Å². The van der Waals surface area contributed by atoms with Crippen LogP contribution in [0.3, 0.4) is 0 Å². The Hall–Kier alpha value is -1.56. The molecule has 2 amide bonds. The van der Waals surface area contributed by atoms with E-state index in [0.29, 0.717) is 12.6 Å². The molecule has 0 spiro atoms. The van der Waals surface area contributed by atoms with Crippen LogP contribution in [0.5, 0.6) is 0 Å². The molecular weight excluding hydrogens is 292 g/mol. The van der Waals surface area contributed by atoms with E-state index in [4.69, 9.17) is 4.52 Å². The van der Waals surface area contributed by atoms with Crippen molar-refractivity contribution in [3.63, 3.8) is 0 Å². The first-order valence-electron chi connectivity index (χ1n) is 8.87. The SMILES string of the molecule is Cc1cc(C2CCCN2C(=O)NCCN2CCCCC2C)on1. The Morgan fingerprint density at radius 3 is 2.96 bits per heavy atom. The van der Waals surface area contributed by atoms with Crippen LogP contribution in [-0.2, 0) is 0 Å². The van der Waals surface area contributed by atoms with Crippen molar-refractivity contribution in [2.24, 2.45) is 0 Å². The van der Waals surface area contributed by atoms with Gasteiger partial charge in [-0.3, -0.25) is 4.90 Å². The van der Waals surface area contributed by atoms with Gasteiger partial charge in [0, 0.05) is 31.7 Å². The largest absolute Gasteiger partial charge is 0.359 e. The summed E-state index contributed by atoms with van der Waals surface area (Å²) in [6.45, 7) is 7.78. The van der Waals surface area contributed by atoms with Crippen LogP contribution in [0.1, 0.15) is 56.5 Å². The lowest BCUT2D eigenvalue weighted by Gasteiger charge is -2.33. The molecule has 3 rings (SSSR count). The first-order valence-corrected chi connectivity index (χ1v) is 8.87. The van der Waals surface area contributed by atoms with Gasteiger partial charge in [0.25, 0.3) is 0 Å². The van der Waals surface area contributed by atoms with Gasteiger partial charge in [0.05, 0.1) is 11.7 Å². The molecule has 6 heteroatoms. The second-order valence-corrected chi connectivity index (χ2v) is 6.83. The lowest BCUT2D eigenvalue weighted by atomic mass is 10.0. The zero-order valence-corrected chi connectivity index (χ0v) is 14.3. The maximum absolute atomic E-state index is 12.5. The summed E-state index contributed by atoms with van der Waals surface area (Å²) in [7, 11) is 0. The first kappa shape index (κ1) is 16.3. The van der Waals surface area contributed by atoms with Crippen molar-refractivity contribution in [2.75, 3.05) is 26.2 Å². The average Bonchev–Trinajstić information content (AvgIpc) is 3.17. The Bertz CT molecular complexity index is 530. The predicted molar refractivity (Wildman–Crippen MR) is 88.2 cm³/mol. The normalized spacial score (nSPS) is 25.7. The molecular formula is C17H28N4O2. The van der Waals surface area contributed by atoms with Gasteiger partial charge in [0.15, 0.2) is 5.76 Å². The second kappa shape index (κ2) is 7.34. The van der Waals surface area contributed by atoms with Gasteiger partial charge in [-0.05, 0) is 46.1 Å².